The second kappa shape index (κ2) is 4.87. The number of H-pyrrole nitrogens is 1. The summed E-state index contributed by atoms with van der Waals surface area (Å²) < 4.78 is 0. The molecule has 0 atom stereocenters. The number of nitrogens with zero attached hydrogens (tertiary/aromatic N) is 4. The second-order valence-corrected chi connectivity index (χ2v) is 4.20. The molecule has 9 nitrogen and oxygen atoms in total. The molecule has 0 aliphatic carbocycles. The van der Waals surface area contributed by atoms with Gasteiger partial charge in [-0.25, -0.2) is 4.98 Å². The van der Waals surface area contributed by atoms with Gasteiger partial charge in [-0.15, -0.1) is 0 Å². The Morgan fingerprint density at radius 3 is 2.39 bits per heavy atom. The minimum Gasteiger partial charge on any atom is -0.383 e. The molecule has 0 amide bonds. The van der Waals surface area contributed by atoms with Crippen molar-refractivity contribution in [3.05, 3.63) is 22.2 Å². The molecule has 0 aliphatic rings. The lowest BCUT2D eigenvalue weighted by molar-refractivity contribution is 0.935. The zero-order valence-corrected chi connectivity index (χ0v) is 9.94. The Morgan fingerprint density at radius 2 is 1.78 bits per heavy atom. The van der Waals surface area contributed by atoms with E-state index in [2.05, 4.69) is 24.9 Å². The lowest BCUT2D eigenvalue weighted by atomic mass is 10.6. The fraction of sp³-hybridized carbons (Fsp3) is 0.125. The number of aromatic amines is 1. The molecule has 0 unspecified atom stereocenters. The molecule has 2 rings (SSSR count). The van der Waals surface area contributed by atoms with Crippen LogP contribution >= 0.6 is 11.8 Å². The summed E-state index contributed by atoms with van der Waals surface area (Å²) in [6, 6.07) is 1.20. The van der Waals surface area contributed by atoms with Crippen molar-refractivity contribution in [3.63, 3.8) is 0 Å². The van der Waals surface area contributed by atoms with Crippen molar-refractivity contribution >= 4 is 29.5 Å². The number of aromatic nitrogens is 5. The maximum atomic E-state index is 11.2. The molecule has 0 spiro atoms. The SMILES string of the molecule is Nc1cc(=O)[nH]c(SCc2nc(N)nc(N)n2)n1. The normalized spacial score (nSPS) is 10.4. The highest BCUT2D eigenvalue weighted by atomic mass is 32.2. The Kier molecular flexibility index (Phi) is 3.28. The van der Waals surface area contributed by atoms with E-state index in [1.807, 2.05) is 0 Å². The average Bonchev–Trinajstić information content (AvgIpc) is 2.23. The number of nitrogens with one attached hydrogen (secondary N) is 1. The summed E-state index contributed by atoms with van der Waals surface area (Å²) in [6.07, 6.45) is 0. The maximum Gasteiger partial charge on any atom is 0.253 e. The Balaban J connectivity index is 2.13. The average molecular weight is 266 g/mol. The van der Waals surface area contributed by atoms with Crippen molar-refractivity contribution in [1.82, 2.24) is 24.9 Å². The van der Waals surface area contributed by atoms with Gasteiger partial charge in [-0.3, -0.25) is 4.79 Å². The Bertz CT molecular complexity index is 606. The summed E-state index contributed by atoms with van der Waals surface area (Å²) in [7, 11) is 0. The number of nitrogens with two attached hydrogens (primary N) is 3. The van der Waals surface area contributed by atoms with Gasteiger partial charge in [-0.2, -0.15) is 15.0 Å². The lowest BCUT2D eigenvalue weighted by Gasteiger charge is -2.02. The van der Waals surface area contributed by atoms with Crippen LogP contribution in [0, 0.1) is 0 Å². The van der Waals surface area contributed by atoms with Crippen LogP contribution < -0.4 is 22.8 Å². The maximum absolute atomic E-state index is 11.2. The van der Waals surface area contributed by atoms with E-state index >= 15 is 0 Å². The second-order valence-electron chi connectivity index (χ2n) is 3.23. The van der Waals surface area contributed by atoms with Crippen LogP contribution in [0.2, 0.25) is 0 Å². The Labute approximate surface area is 105 Å². The molecular formula is C8H10N8OS. The zero-order chi connectivity index (χ0) is 13.1. The number of anilines is 3. The molecule has 94 valence electrons. The van der Waals surface area contributed by atoms with Crippen molar-refractivity contribution in [2.45, 2.75) is 10.9 Å². The largest absolute Gasteiger partial charge is 0.383 e. The first kappa shape index (κ1) is 12.1. The van der Waals surface area contributed by atoms with Gasteiger partial charge in [0.1, 0.15) is 11.6 Å². The third-order valence-electron chi connectivity index (χ3n) is 1.79. The van der Waals surface area contributed by atoms with E-state index in [1.165, 1.54) is 17.8 Å². The standard InChI is InChI=1S/C8H10N8OS/c9-3-1-5(17)15-8(12-3)18-2-4-13-6(10)16-7(11)14-4/h1H,2H2,(H3,9,12,15,17)(H4,10,11,13,14,16). The first-order valence-electron chi connectivity index (χ1n) is 4.78. The molecule has 18 heavy (non-hydrogen) atoms. The van der Waals surface area contributed by atoms with E-state index in [1.54, 1.807) is 0 Å². The van der Waals surface area contributed by atoms with Crippen molar-refractivity contribution in [3.8, 4) is 0 Å². The summed E-state index contributed by atoms with van der Waals surface area (Å²) in [5.41, 5.74) is 16.0. The molecule has 0 saturated carbocycles. The van der Waals surface area contributed by atoms with Crippen LogP contribution in [-0.2, 0) is 5.75 Å². The predicted molar refractivity (Wildman–Crippen MR) is 67.5 cm³/mol. The molecule has 2 heterocycles. The molecule has 7 N–H and O–H groups in total. The van der Waals surface area contributed by atoms with Gasteiger partial charge in [0, 0.05) is 6.07 Å². The molecular weight excluding hydrogens is 256 g/mol. The Hall–Kier alpha value is -2.36. The highest BCUT2D eigenvalue weighted by Gasteiger charge is 2.05. The molecule has 0 fully saturated rings. The smallest absolute Gasteiger partial charge is 0.253 e. The molecule has 0 aliphatic heterocycles. The van der Waals surface area contributed by atoms with E-state index in [0.717, 1.165) is 0 Å². The monoisotopic (exact) mass is 266 g/mol. The molecule has 0 saturated heterocycles. The van der Waals surface area contributed by atoms with Gasteiger partial charge in [0.05, 0.1) is 5.75 Å². The number of thioether (sulfide) groups is 1. The van der Waals surface area contributed by atoms with Gasteiger partial charge in [-0.1, -0.05) is 11.8 Å². The number of rotatable bonds is 3. The van der Waals surface area contributed by atoms with Crippen molar-refractivity contribution in [1.29, 1.82) is 0 Å². The quantitative estimate of drug-likeness (QED) is 0.402. The minimum absolute atomic E-state index is 0.0483. The molecule has 0 bridgehead atoms. The first-order valence-corrected chi connectivity index (χ1v) is 5.77. The highest BCUT2D eigenvalue weighted by molar-refractivity contribution is 7.98. The number of hydrogen-bond donors (Lipinski definition) is 4. The third kappa shape index (κ3) is 3.07. The van der Waals surface area contributed by atoms with Crippen molar-refractivity contribution in [2.75, 3.05) is 17.2 Å². The van der Waals surface area contributed by atoms with Crippen LogP contribution in [0.4, 0.5) is 17.7 Å². The van der Waals surface area contributed by atoms with Gasteiger partial charge >= 0.3 is 0 Å². The summed E-state index contributed by atoms with van der Waals surface area (Å²) in [5, 5.41) is 0.373. The molecule has 0 aromatic carbocycles. The first-order chi connectivity index (χ1) is 8.52. The van der Waals surface area contributed by atoms with Gasteiger partial charge in [0.15, 0.2) is 5.16 Å². The molecule has 2 aromatic rings. The third-order valence-corrected chi connectivity index (χ3v) is 2.66. The van der Waals surface area contributed by atoms with Crippen LogP contribution in [0.5, 0.6) is 0 Å². The molecule has 10 heteroatoms. The van der Waals surface area contributed by atoms with Crippen LogP contribution in [0.3, 0.4) is 0 Å². The van der Waals surface area contributed by atoms with Gasteiger partial charge in [0.25, 0.3) is 5.56 Å². The van der Waals surface area contributed by atoms with Crippen molar-refractivity contribution in [2.24, 2.45) is 0 Å². The van der Waals surface area contributed by atoms with Crippen LogP contribution in [0.15, 0.2) is 16.0 Å². The van der Waals surface area contributed by atoms with E-state index in [9.17, 15) is 4.79 Å². The van der Waals surface area contributed by atoms with Crippen LogP contribution in [0.25, 0.3) is 0 Å². The summed E-state index contributed by atoms with van der Waals surface area (Å²) in [4.78, 5) is 29.1. The molecule has 0 radical (unpaired) electrons. The van der Waals surface area contributed by atoms with Gasteiger partial charge in [0.2, 0.25) is 11.9 Å². The fourth-order valence-corrected chi connectivity index (χ4v) is 1.91. The summed E-state index contributed by atoms with van der Waals surface area (Å²) in [5.74, 6) is 0.980. The molecule has 2 aromatic heterocycles. The number of hydrogen-bond acceptors (Lipinski definition) is 9. The van der Waals surface area contributed by atoms with E-state index in [4.69, 9.17) is 17.2 Å². The zero-order valence-electron chi connectivity index (χ0n) is 9.12. The van der Waals surface area contributed by atoms with E-state index < -0.39 is 0 Å². The fourth-order valence-electron chi connectivity index (χ4n) is 1.18. The van der Waals surface area contributed by atoms with Crippen LogP contribution in [0.1, 0.15) is 5.82 Å². The van der Waals surface area contributed by atoms with E-state index in [0.29, 0.717) is 16.7 Å². The highest BCUT2D eigenvalue weighted by Crippen LogP contribution is 2.16. The van der Waals surface area contributed by atoms with E-state index in [-0.39, 0.29) is 23.3 Å². The van der Waals surface area contributed by atoms with Gasteiger partial charge in [-0.05, 0) is 0 Å². The number of nitrogen functional groups attached to an aromatic ring is 3. The summed E-state index contributed by atoms with van der Waals surface area (Å²) >= 11 is 1.21. The van der Waals surface area contributed by atoms with Crippen molar-refractivity contribution < 1.29 is 0 Å². The summed E-state index contributed by atoms with van der Waals surface area (Å²) in [6.45, 7) is 0. The topological polar surface area (TPSA) is 162 Å². The van der Waals surface area contributed by atoms with Gasteiger partial charge < -0.3 is 22.2 Å². The Morgan fingerprint density at radius 1 is 1.11 bits per heavy atom. The lowest BCUT2D eigenvalue weighted by Crippen LogP contribution is -2.10. The minimum atomic E-state index is -0.320. The van der Waals surface area contributed by atoms with Crippen LogP contribution in [-0.4, -0.2) is 24.9 Å². The predicted octanol–water partition coefficient (Wildman–Crippen LogP) is -1.01.